The number of rotatable bonds is 4. The van der Waals surface area contributed by atoms with E-state index in [1.165, 1.54) is 0 Å². The zero-order chi connectivity index (χ0) is 24.6. The summed E-state index contributed by atoms with van der Waals surface area (Å²) in [5, 5.41) is 0. The third kappa shape index (κ3) is 5.90. The molecule has 2 aromatic rings. The number of hydrogen-bond acceptors (Lipinski definition) is 1. The van der Waals surface area contributed by atoms with Crippen molar-refractivity contribution in [2.75, 3.05) is 0 Å². The molecule has 0 N–H and O–H groups in total. The lowest BCUT2D eigenvalue weighted by molar-refractivity contribution is -0.140. The molecule has 0 amide bonds. The molecule has 0 aliphatic rings. The Morgan fingerprint density at radius 1 is 0.875 bits per heavy atom. The molecule has 0 saturated carbocycles. The van der Waals surface area contributed by atoms with Crippen LogP contribution in [0.25, 0.3) is 5.83 Å². The molecule has 0 aliphatic carbocycles. The van der Waals surface area contributed by atoms with Gasteiger partial charge in [0.15, 0.2) is 5.78 Å². The molecular formula is C20H11BrF10O. The molecule has 1 unspecified atom stereocenters. The number of carbonyl (C=O) groups is 1. The first-order valence-electron chi connectivity index (χ1n) is 8.46. The second-order valence-corrected chi connectivity index (χ2v) is 7.44. The van der Waals surface area contributed by atoms with Crippen molar-refractivity contribution < 1.29 is 48.7 Å². The lowest BCUT2D eigenvalue weighted by atomic mass is 9.94. The van der Waals surface area contributed by atoms with Gasteiger partial charge in [-0.2, -0.15) is 39.5 Å². The summed E-state index contributed by atoms with van der Waals surface area (Å²) in [4.78, 5) is 11.4. The number of allylic oxidation sites excluding steroid dienone is 1. The predicted octanol–water partition coefficient (Wildman–Crippen LogP) is 8.35. The molecule has 2 aromatic carbocycles. The van der Waals surface area contributed by atoms with E-state index >= 15 is 0 Å². The van der Waals surface area contributed by atoms with Crippen molar-refractivity contribution in [1.29, 1.82) is 0 Å². The predicted molar refractivity (Wildman–Crippen MR) is 98.5 cm³/mol. The highest BCUT2D eigenvalue weighted by molar-refractivity contribution is 9.10. The number of ketones is 1. The van der Waals surface area contributed by atoms with Gasteiger partial charge < -0.3 is 0 Å². The zero-order valence-electron chi connectivity index (χ0n) is 15.7. The van der Waals surface area contributed by atoms with Crippen LogP contribution in [0.3, 0.4) is 0 Å². The maximum absolute atomic E-state index is 14.6. The average molecular weight is 537 g/mol. The van der Waals surface area contributed by atoms with E-state index in [0.29, 0.717) is 30.3 Å². The van der Waals surface area contributed by atoms with Crippen molar-refractivity contribution in [2.24, 2.45) is 0 Å². The molecule has 32 heavy (non-hydrogen) atoms. The van der Waals surface area contributed by atoms with Crippen LogP contribution in [0.1, 0.15) is 45.5 Å². The van der Waals surface area contributed by atoms with Gasteiger partial charge in [-0.1, -0.05) is 34.1 Å². The van der Waals surface area contributed by atoms with Crippen molar-refractivity contribution in [2.45, 2.75) is 31.4 Å². The number of alkyl halides is 9. The summed E-state index contributed by atoms with van der Waals surface area (Å²) >= 11 is 2.52. The van der Waals surface area contributed by atoms with Crippen molar-refractivity contribution >= 4 is 27.5 Å². The van der Waals surface area contributed by atoms with E-state index in [-0.39, 0.29) is 12.1 Å². The summed E-state index contributed by atoms with van der Waals surface area (Å²) < 4.78 is 132. The standard InChI is InChI=1S/C20H11BrF10O/c1-9(32)12-4-2-11(6-15(12)20(29,30)31)17(22)8-14(19(26,27)28)10-3-5-13(16(21)7-10)18(23,24)25/h2-8,14H,1H3/b17-8-. The van der Waals surface area contributed by atoms with Gasteiger partial charge in [0.25, 0.3) is 0 Å². The Kier molecular flexibility index (Phi) is 7.18. The van der Waals surface area contributed by atoms with E-state index in [9.17, 15) is 48.7 Å². The Balaban J connectivity index is 2.59. The van der Waals surface area contributed by atoms with Crippen LogP contribution in [-0.2, 0) is 12.4 Å². The normalized spacial score (nSPS) is 14.4. The third-order valence-corrected chi connectivity index (χ3v) is 4.96. The van der Waals surface area contributed by atoms with Crippen molar-refractivity contribution in [1.82, 2.24) is 0 Å². The Labute approximate surface area is 182 Å². The van der Waals surface area contributed by atoms with E-state index in [2.05, 4.69) is 15.9 Å². The SMILES string of the molecule is CC(=O)c1ccc(/C(F)=C/C(c2ccc(C(F)(F)F)c(Br)c2)C(F)(F)F)cc1C(F)(F)F. The Bertz CT molecular complexity index is 1050. The maximum atomic E-state index is 14.6. The van der Waals surface area contributed by atoms with E-state index in [1.54, 1.807) is 0 Å². The Morgan fingerprint density at radius 3 is 1.88 bits per heavy atom. The highest BCUT2D eigenvalue weighted by Crippen LogP contribution is 2.42. The van der Waals surface area contributed by atoms with Gasteiger partial charge in [-0.05, 0) is 36.8 Å². The molecule has 12 heteroatoms. The van der Waals surface area contributed by atoms with Crippen molar-refractivity contribution in [3.63, 3.8) is 0 Å². The van der Waals surface area contributed by atoms with Gasteiger partial charge in [-0.15, -0.1) is 0 Å². The smallest absolute Gasteiger partial charge is 0.294 e. The number of carbonyl (C=O) groups excluding carboxylic acids is 1. The lowest BCUT2D eigenvalue weighted by Crippen LogP contribution is -2.20. The fourth-order valence-electron chi connectivity index (χ4n) is 2.81. The summed E-state index contributed by atoms with van der Waals surface area (Å²) in [6, 6.07) is 2.89. The lowest BCUT2D eigenvalue weighted by Gasteiger charge is -2.19. The molecule has 174 valence electrons. The zero-order valence-corrected chi connectivity index (χ0v) is 17.3. The molecule has 2 rings (SSSR count). The summed E-state index contributed by atoms with van der Waals surface area (Å²) in [5.74, 6) is -5.46. The van der Waals surface area contributed by atoms with Crippen LogP contribution in [0.4, 0.5) is 43.9 Å². The van der Waals surface area contributed by atoms with Gasteiger partial charge in [0.2, 0.25) is 0 Å². The molecule has 0 spiro atoms. The Morgan fingerprint density at radius 2 is 1.44 bits per heavy atom. The molecule has 0 bridgehead atoms. The highest BCUT2D eigenvalue weighted by atomic mass is 79.9. The van der Waals surface area contributed by atoms with Crippen LogP contribution in [-0.4, -0.2) is 12.0 Å². The molecule has 1 atom stereocenters. The van der Waals surface area contributed by atoms with Gasteiger partial charge in [0.05, 0.1) is 11.1 Å². The minimum Gasteiger partial charge on any atom is -0.294 e. The molecule has 0 aromatic heterocycles. The first kappa shape index (κ1) is 25.9. The minimum absolute atomic E-state index is 0.0437. The van der Waals surface area contributed by atoms with Gasteiger partial charge in [-0.25, -0.2) is 4.39 Å². The van der Waals surface area contributed by atoms with E-state index < -0.39 is 68.3 Å². The maximum Gasteiger partial charge on any atom is 0.417 e. The molecule has 1 nitrogen and oxygen atoms in total. The van der Waals surface area contributed by atoms with Gasteiger partial charge in [-0.3, -0.25) is 4.79 Å². The van der Waals surface area contributed by atoms with Crippen LogP contribution in [0.15, 0.2) is 46.9 Å². The molecule has 0 radical (unpaired) electrons. The van der Waals surface area contributed by atoms with Crippen LogP contribution in [0, 0.1) is 0 Å². The monoisotopic (exact) mass is 536 g/mol. The fraction of sp³-hybridized carbons (Fsp3) is 0.250. The molecule has 0 aliphatic heterocycles. The average Bonchev–Trinajstić information content (AvgIpc) is 2.62. The molecular weight excluding hydrogens is 526 g/mol. The molecule has 0 fully saturated rings. The largest absolute Gasteiger partial charge is 0.417 e. The Hall–Kier alpha value is -2.37. The van der Waals surface area contributed by atoms with E-state index in [1.807, 2.05) is 0 Å². The number of hydrogen-bond donors (Lipinski definition) is 0. The first-order valence-corrected chi connectivity index (χ1v) is 9.25. The summed E-state index contributed by atoms with van der Waals surface area (Å²) in [6.45, 7) is 0.832. The molecule has 0 saturated heterocycles. The van der Waals surface area contributed by atoms with Gasteiger partial charge in [0, 0.05) is 15.6 Å². The second-order valence-electron chi connectivity index (χ2n) is 6.59. The number of Topliss-reactive ketones (excluding diaryl/α,β-unsaturated/α-hetero) is 1. The summed E-state index contributed by atoms with van der Waals surface area (Å²) in [7, 11) is 0. The second kappa shape index (κ2) is 8.87. The van der Waals surface area contributed by atoms with Crippen LogP contribution in [0.2, 0.25) is 0 Å². The highest BCUT2D eigenvalue weighted by Gasteiger charge is 2.41. The van der Waals surface area contributed by atoms with Crippen LogP contribution >= 0.6 is 15.9 Å². The summed E-state index contributed by atoms with van der Waals surface area (Å²) in [5.41, 5.74) is -5.26. The quantitative estimate of drug-likeness (QED) is 0.283. The van der Waals surface area contributed by atoms with Crippen molar-refractivity contribution in [3.8, 4) is 0 Å². The van der Waals surface area contributed by atoms with Gasteiger partial charge >= 0.3 is 18.5 Å². The number of benzene rings is 2. The van der Waals surface area contributed by atoms with Crippen LogP contribution in [0.5, 0.6) is 0 Å². The van der Waals surface area contributed by atoms with Crippen molar-refractivity contribution in [3.05, 3.63) is 74.8 Å². The van der Waals surface area contributed by atoms with Gasteiger partial charge in [0.1, 0.15) is 11.7 Å². The first-order chi connectivity index (χ1) is 14.4. The third-order valence-electron chi connectivity index (χ3n) is 4.30. The fourth-order valence-corrected chi connectivity index (χ4v) is 3.43. The topological polar surface area (TPSA) is 17.1 Å². The minimum atomic E-state index is -5.18. The summed E-state index contributed by atoms with van der Waals surface area (Å²) in [6.07, 6.45) is -15.2. The van der Waals surface area contributed by atoms with E-state index in [4.69, 9.17) is 0 Å². The molecule has 0 heterocycles. The van der Waals surface area contributed by atoms with Crippen LogP contribution < -0.4 is 0 Å². The number of halogens is 11. The van der Waals surface area contributed by atoms with E-state index in [0.717, 1.165) is 6.92 Å².